The minimum absolute atomic E-state index is 0.103. The fraction of sp³-hybridized carbons (Fsp3) is 0.300. The quantitative estimate of drug-likeness (QED) is 0.801. The van der Waals surface area contributed by atoms with Crippen LogP contribution in [0.1, 0.15) is 17.5 Å². The maximum Gasteiger partial charge on any atom is 0.377 e. The van der Waals surface area contributed by atoms with Gasteiger partial charge < -0.3 is 10.1 Å². The lowest BCUT2D eigenvalue weighted by Gasteiger charge is -2.04. The topological polar surface area (TPSA) is 94.8 Å². The van der Waals surface area contributed by atoms with Crippen LogP contribution in [0.5, 0.6) is 0 Å². The predicted molar refractivity (Wildman–Crippen MR) is 62.4 cm³/mol. The Morgan fingerprint density at radius 1 is 1.53 bits per heavy atom. The van der Waals surface area contributed by atoms with Crippen molar-refractivity contribution in [3.8, 4) is 5.82 Å². The maximum atomic E-state index is 13.6. The van der Waals surface area contributed by atoms with Gasteiger partial charge in [-0.1, -0.05) is 0 Å². The maximum absolute atomic E-state index is 13.6. The Labute approximate surface area is 107 Å². The van der Waals surface area contributed by atoms with Gasteiger partial charge in [0.25, 0.3) is 5.82 Å². The van der Waals surface area contributed by atoms with Crippen LogP contribution in [0.4, 0.5) is 10.3 Å². The van der Waals surface area contributed by atoms with Gasteiger partial charge in [0.15, 0.2) is 11.6 Å². The fourth-order valence-electron chi connectivity index (χ4n) is 1.31. The van der Waals surface area contributed by atoms with Crippen LogP contribution in [0.2, 0.25) is 0 Å². The Morgan fingerprint density at radius 3 is 3.00 bits per heavy atom. The Morgan fingerprint density at radius 2 is 2.32 bits per heavy atom. The van der Waals surface area contributed by atoms with Gasteiger partial charge in [0.2, 0.25) is 5.95 Å². The smallest absolute Gasteiger partial charge is 0.377 e. The molecule has 0 saturated carbocycles. The number of methoxy groups -OCH3 is 1. The zero-order chi connectivity index (χ0) is 13.8. The van der Waals surface area contributed by atoms with Crippen molar-refractivity contribution in [2.45, 2.75) is 6.92 Å². The summed E-state index contributed by atoms with van der Waals surface area (Å²) < 4.78 is 19.1. The zero-order valence-corrected chi connectivity index (χ0v) is 10.3. The van der Waals surface area contributed by atoms with E-state index in [-0.39, 0.29) is 17.6 Å². The summed E-state index contributed by atoms with van der Waals surface area (Å²) in [5.74, 6) is -1.41. The molecule has 9 heteroatoms. The second kappa shape index (κ2) is 5.38. The Kier molecular flexibility index (Phi) is 3.64. The van der Waals surface area contributed by atoms with E-state index < -0.39 is 11.8 Å². The van der Waals surface area contributed by atoms with E-state index >= 15 is 0 Å². The molecule has 0 aliphatic heterocycles. The molecule has 0 bridgehead atoms. The molecule has 0 saturated heterocycles. The van der Waals surface area contributed by atoms with Gasteiger partial charge in [-0.3, -0.25) is 0 Å². The molecule has 8 nitrogen and oxygen atoms in total. The van der Waals surface area contributed by atoms with Crippen LogP contribution in [0.15, 0.2) is 12.5 Å². The first-order valence-corrected chi connectivity index (χ1v) is 5.42. The number of rotatable bonds is 4. The number of anilines is 1. The number of hydrogen-bond donors (Lipinski definition) is 1. The summed E-state index contributed by atoms with van der Waals surface area (Å²) in [4.78, 5) is 22.6. The van der Waals surface area contributed by atoms with Crippen LogP contribution in [0.25, 0.3) is 5.82 Å². The van der Waals surface area contributed by atoms with E-state index in [0.29, 0.717) is 6.54 Å². The molecular formula is C10H11FN6O2. The molecule has 0 aliphatic carbocycles. The van der Waals surface area contributed by atoms with E-state index in [1.807, 2.05) is 6.92 Å². The SMILES string of the molecule is CCNc1ncc(F)c(-n2cnc(C(=O)OC)n2)n1. The van der Waals surface area contributed by atoms with Gasteiger partial charge in [-0.15, -0.1) is 5.10 Å². The summed E-state index contributed by atoms with van der Waals surface area (Å²) in [6.07, 6.45) is 2.19. The average molecular weight is 266 g/mol. The first-order valence-electron chi connectivity index (χ1n) is 5.42. The molecule has 0 atom stereocenters. The third-order valence-corrected chi connectivity index (χ3v) is 2.14. The summed E-state index contributed by atoms with van der Waals surface area (Å²) >= 11 is 0. The summed E-state index contributed by atoms with van der Waals surface area (Å²) in [7, 11) is 1.21. The number of halogens is 1. The molecular weight excluding hydrogens is 255 g/mol. The molecule has 0 radical (unpaired) electrons. The van der Waals surface area contributed by atoms with Gasteiger partial charge in [-0.05, 0) is 6.92 Å². The number of aromatic nitrogens is 5. The normalized spacial score (nSPS) is 10.3. The van der Waals surface area contributed by atoms with Gasteiger partial charge in [0, 0.05) is 6.54 Å². The second-order valence-corrected chi connectivity index (χ2v) is 3.40. The molecule has 2 rings (SSSR count). The van der Waals surface area contributed by atoms with Crippen molar-refractivity contribution in [2.75, 3.05) is 19.0 Å². The number of ether oxygens (including phenoxy) is 1. The van der Waals surface area contributed by atoms with Crippen LogP contribution < -0.4 is 5.32 Å². The molecule has 0 aliphatic rings. The predicted octanol–water partition coefficient (Wildman–Crippen LogP) is 0.415. The van der Waals surface area contributed by atoms with Crippen LogP contribution in [-0.2, 0) is 4.74 Å². The third kappa shape index (κ3) is 2.64. The highest BCUT2D eigenvalue weighted by atomic mass is 19.1. The molecule has 2 heterocycles. The molecule has 1 N–H and O–H groups in total. The minimum Gasteiger partial charge on any atom is -0.463 e. The molecule has 0 amide bonds. The highest BCUT2D eigenvalue weighted by Crippen LogP contribution is 2.10. The van der Waals surface area contributed by atoms with Crippen molar-refractivity contribution >= 4 is 11.9 Å². The standard InChI is InChI=1S/C10H11FN6O2/c1-3-12-10-13-4-6(11)8(15-10)17-5-14-7(16-17)9(18)19-2/h4-5H,3H2,1-2H3,(H,12,13,15). The Hall–Kier alpha value is -2.58. The third-order valence-electron chi connectivity index (χ3n) is 2.14. The lowest BCUT2D eigenvalue weighted by molar-refractivity contribution is 0.0587. The number of carbonyl (C=O) groups excluding carboxylic acids is 1. The fourth-order valence-corrected chi connectivity index (χ4v) is 1.31. The van der Waals surface area contributed by atoms with Crippen LogP contribution in [-0.4, -0.2) is 44.4 Å². The van der Waals surface area contributed by atoms with Gasteiger partial charge in [0.05, 0.1) is 13.3 Å². The van der Waals surface area contributed by atoms with Crippen molar-refractivity contribution in [3.05, 3.63) is 24.2 Å². The molecule has 0 unspecified atom stereocenters. The zero-order valence-electron chi connectivity index (χ0n) is 10.3. The summed E-state index contributed by atoms with van der Waals surface area (Å²) in [5, 5.41) is 6.63. The Bertz CT molecular complexity index is 599. The molecule has 2 aromatic heterocycles. The van der Waals surface area contributed by atoms with Crippen molar-refractivity contribution in [3.63, 3.8) is 0 Å². The number of nitrogens with zero attached hydrogens (tertiary/aromatic N) is 5. The van der Waals surface area contributed by atoms with Gasteiger partial charge in [0.1, 0.15) is 6.33 Å². The highest BCUT2D eigenvalue weighted by Gasteiger charge is 2.15. The number of esters is 1. The lowest BCUT2D eigenvalue weighted by Crippen LogP contribution is -2.10. The first kappa shape index (κ1) is 12.9. The van der Waals surface area contributed by atoms with Crippen molar-refractivity contribution in [1.82, 2.24) is 24.7 Å². The average Bonchev–Trinajstić information content (AvgIpc) is 2.90. The van der Waals surface area contributed by atoms with Crippen molar-refractivity contribution in [2.24, 2.45) is 0 Å². The number of nitrogens with one attached hydrogen (secondary N) is 1. The monoisotopic (exact) mass is 266 g/mol. The number of hydrogen-bond acceptors (Lipinski definition) is 7. The van der Waals surface area contributed by atoms with Crippen LogP contribution in [0, 0.1) is 5.82 Å². The summed E-state index contributed by atoms with van der Waals surface area (Å²) in [6.45, 7) is 2.45. The van der Waals surface area contributed by atoms with Gasteiger partial charge in [-0.25, -0.2) is 19.2 Å². The first-order chi connectivity index (χ1) is 9.15. The van der Waals surface area contributed by atoms with Gasteiger partial charge in [-0.2, -0.15) is 9.67 Å². The number of carbonyl (C=O) groups is 1. The van der Waals surface area contributed by atoms with Crippen LogP contribution >= 0.6 is 0 Å². The highest BCUT2D eigenvalue weighted by molar-refractivity contribution is 5.84. The molecule has 0 spiro atoms. The minimum atomic E-state index is -0.708. The van der Waals surface area contributed by atoms with E-state index in [2.05, 4.69) is 30.1 Å². The molecule has 0 fully saturated rings. The lowest BCUT2D eigenvalue weighted by atomic mass is 10.5. The Balaban J connectivity index is 2.37. The molecule has 19 heavy (non-hydrogen) atoms. The van der Waals surface area contributed by atoms with Crippen molar-refractivity contribution in [1.29, 1.82) is 0 Å². The van der Waals surface area contributed by atoms with E-state index in [1.165, 1.54) is 13.4 Å². The summed E-state index contributed by atoms with van der Waals surface area (Å²) in [6, 6.07) is 0. The molecule has 2 aromatic rings. The van der Waals surface area contributed by atoms with E-state index in [0.717, 1.165) is 10.9 Å². The largest absolute Gasteiger partial charge is 0.463 e. The molecule has 100 valence electrons. The van der Waals surface area contributed by atoms with E-state index in [1.54, 1.807) is 0 Å². The van der Waals surface area contributed by atoms with Gasteiger partial charge >= 0.3 is 5.97 Å². The second-order valence-electron chi connectivity index (χ2n) is 3.40. The van der Waals surface area contributed by atoms with Crippen molar-refractivity contribution < 1.29 is 13.9 Å². The van der Waals surface area contributed by atoms with Crippen LogP contribution in [0.3, 0.4) is 0 Å². The van der Waals surface area contributed by atoms with E-state index in [9.17, 15) is 9.18 Å². The summed E-state index contributed by atoms with van der Waals surface area (Å²) in [5.41, 5.74) is 0. The van der Waals surface area contributed by atoms with E-state index in [4.69, 9.17) is 0 Å². The molecule has 0 aromatic carbocycles.